The van der Waals surface area contributed by atoms with Gasteiger partial charge in [-0.2, -0.15) is 13.2 Å². The Kier molecular flexibility index (Phi) is 11.7. The molecule has 1 heterocycles. The molecule has 0 saturated heterocycles. The molecule has 0 spiro atoms. The van der Waals surface area contributed by atoms with E-state index in [1.807, 2.05) is 69.4 Å². The number of fused-ring (bicyclic) bond motifs is 1. The molecule has 51 heavy (non-hydrogen) atoms. The van der Waals surface area contributed by atoms with E-state index < -0.39 is 42.0 Å². The summed E-state index contributed by atoms with van der Waals surface area (Å²) in [5.41, 5.74) is 1.05. The van der Waals surface area contributed by atoms with Crippen LogP contribution in [-0.2, 0) is 23.9 Å². The van der Waals surface area contributed by atoms with Crippen molar-refractivity contribution in [3.63, 3.8) is 0 Å². The number of para-hydroxylation sites is 2. The number of aliphatic hydroxyl groups excluding tert-OH is 1. The van der Waals surface area contributed by atoms with Crippen LogP contribution in [0.15, 0.2) is 84.9 Å². The Labute approximate surface area is 294 Å². The molecule has 8 nitrogen and oxygen atoms in total. The number of carbonyl (C=O) groups is 2. The molecule has 0 aliphatic carbocycles. The second-order valence-corrected chi connectivity index (χ2v) is 13.1. The van der Waals surface area contributed by atoms with Gasteiger partial charge in [-0.25, -0.2) is 4.39 Å². The number of hydrogen-bond acceptors (Lipinski definition) is 6. The summed E-state index contributed by atoms with van der Waals surface area (Å²) in [6.45, 7) is 6.73. The molecular formula is C39H41F4N3O5. The average molecular weight is 708 g/mol. The second kappa shape index (κ2) is 15.9. The summed E-state index contributed by atoms with van der Waals surface area (Å²) in [5, 5.41) is 12.7. The monoisotopic (exact) mass is 707 g/mol. The highest BCUT2D eigenvalue weighted by molar-refractivity contribution is 6.02. The van der Waals surface area contributed by atoms with Gasteiger partial charge in [0.15, 0.2) is 5.75 Å². The number of rotatable bonds is 11. The standard InChI is InChI=1S/C39H41F4N3O5/c1-24-8-5-6-11-34(24)50-29-15-12-27(13-16-29)21-45(4)22-35-25(2)20-46(26(3)23-47)38(49)30-9-7-10-33(37(30)51-35)44-36(48)19-28-14-17-31(32(40)18-28)39(41,42)43/h5-18,25-26,35,47H,19-23H2,1-4H3,(H,44,48)/t25-,26+,35-/m1/s1. The number of amides is 2. The van der Waals surface area contributed by atoms with Crippen molar-refractivity contribution in [3.8, 4) is 17.2 Å². The van der Waals surface area contributed by atoms with Crippen molar-refractivity contribution >= 4 is 17.5 Å². The Bertz CT molecular complexity index is 1850. The third-order valence-electron chi connectivity index (χ3n) is 8.86. The molecule has 0 saturated carbocycles. The first kappa shape index (κ1) is 37.3. The van der Waals surface area contributed by atoms with Gasteiger partial charge in [-0.05, 0) is 80.1 Å². The molecule has 5 rings (SSSR count). The number of nitrogens with one attached hydrogen (secondary N) is 1. The highest BCUT2D eigenvalue weighted by atomic mass is 19.4. The van der Waals surface area contributed by atoms with E-state index in [0.29, 0.717) is 37.5 Å². The predicted octanol–water partition coefficient (Wildman–Crippen LogP) is 7.48. The predicted molar refractivity (Wildman–Crippen MR) is 185 cm³/mol. The maximum Gasteiger partial charge on any atom is 0.419 e. The molecule has 4 aromatic carbocycles. The molecule has 1 aliphatic rings. The van der Waals surface area contributed by atoms with Gasteiger partial charge in [0.1, 0.15) is 23.4 Å². The second-order valence-electron chi connectivity index (χ2n) is 13.1. The molecule has 3 atom stereocenters. The van der Waals surface area contributed by atoms with Crippen LogP contribution in [0.1, 0.15) is 46.5 Å². The Morgan fingerprint density at radius 2 is 1.76 bits per heavy atom. The fraction of sp³-hybridized carbons (Fsp3) is 0.333. The van der Waals surface area contributed by atoms with Gasteiger partial charge in [-0.3, -0.25) is 14.5 Å². The lowest BCUT2D eigenvalue weighted by Crippen LogP contribution is -2.49. The Morgan fingerprint density at radius 3 is 2.43 bits per heavy atom. The quantitative estimate of drug-likeness (QED) is 0.157. The number of benzene rings is 4. The minimum atomic E-state index is -4.86. The molecule has 2 N–H and O–H groups in total. The van der Waals surface area contributed by atoms with Gasteiger partial charge in [0.2, 0.25) is 5.91 Å². The van der Waals surface area contributed by atoms with Gasteiger partial charge in [-0.1, -0.05) is 49.4 Å². The van der Waals surface area contributed by atoms with Crippen molar-refractivity contribution in [1.82, 2.24) is 9.80 Å². The van der Waals surface area contributed by atoms with Gasteiger partial charge in [0.25, 0.3) is 5.91 Å². The van der Waals surface area contributed by atoms with E-state index in [4.69, 9.17) is 9.47 Å². The Morgan fingerprint density at radius 1 is 1.06 bits per heavy atom. The molecule has 0 radical (unpaired) electrons. The van der Waals surface area contributed by atoms with Gasteiger partial charge in [0.05, 0.1) is 35.9 Å². The van der Waals surface area contributed by atoms with E-state index in [0.717, 1.165) is 22.9 Å². The Balaban J connectivity index is 1.35. The van der Waals surface area contributed by atoms with Gasteiger partial charge in [-0.15, -0.1) is 0 Å². The molecule has 0 fully saturated rings. The summed E-state index contributed by atoms with van der Waals surface area (Å²) in [6.07, 6.45) is -5.75. The summed E-state index contributed by atoms with van der Waals surface area (Å²) in [7, 11) is 1.95. The number of alkyl halides is 3. The number of nitrogens with zero attached hydrogens (tertiary/aromatic N) is 2. The zero-order valence-electron chi connectivity index (χ0n) is 28.8. The summed E-state index contributed by atoms with van der Waals surface area (Å²) in [5.74, 6) is -1.08. The Hall–Kier alpha value is -4.94. The number of carbonyl (C=O) groups excluding carboxylic acids is 2. The maximum atomic E-state index is 14.2. The normalized spacial score (nSPS) is 16.9. The van der Waals surface area contributed by atoms with Crippen molar-refractivity contribution in [1.29, 1.82) is 0 Å². The first-order valence-corrected chi connectivity index (χ1v) is 16.6. The average Bonchev–Trinajstić information content (AvgIpc) is 3.07. The van der Waals surface area contributed by atoms with Crippen molar-refractivity contribution in [2.45, 2.75) is 52.1 Å². The van der Waals surface area contributed by atoms with E-state index in [1.54, 1.807) is 30.0 Å². The minimum Gasteiger partial charge on any atom is -0.486 e. The largest absolute Gasteiger partial charge is 0.486 e. The third-order valence-corrected chi connectivity index (χ3v) is 8.86. The van der Waals surface area contributed by atoms with Crippen LogP contribution < -0.4 is 14.8 Å². The van der Waals surface area contributed by atoms with Crippen LogP contribution in [0.5, 0.6) is 17.2 Å². The lowest BCUT2D eigenvalue weighted by molar-refractivity contribution is -0.140. The lowest BCUT2D eigenvalue weighted by Gasteiger charge is -2.38. The summed E-state index contributed by atoms with van der Waals surface area (Å²) in [6, 6.07) is 22.1. The molecule has 4 aromatic rings. The smallest absolute Gasteiger partial charge is 0.419 e. The lowest BCUT2D eigenvalue weighted by atomic mass is 9.98. The van der Waals surface area contributed by atoms with Crippen LogP contribution in [0.2, 0.25) is 0 Å². The number of anilines is 1. The SMILES string of the molecule is Cc1ccccc1Oc1ccc(CN(C)C[C@H]2Oc3c(NC(=O)Cc4ccc(C(F)(F)F)c(F)c4)cccc3C(=O)N([C@@H](C)CO)C[C@H]2C)cc1. The zero-order chi connectivity index (χ0) is 36.9. The van der Waals surface area contributed by atoms with E-state index >= 15 is 0 Å². The van der Waals surface area contributed by atoms with E-state index in [9.17, 15) is 32.3 Å². The number of hydrogen-bond donors (Lipinski definition) is 2. The highest BCUT2D eigenvalue weighted by Crippen LogP contribution is 2.36. The van der Waals surface area contributed by atoms with E-state index in [1.165, 1.54) is 0 Å². The number of aryl methyl sites for hydroxylation is 1. The molecular weight excluding hydrogens is 666 g/mol. The number of aliphatic hydroxyl groups is 1. The first-order valence-electron chi connectivity index (χ1n) is 16.6. The van der Waals surface area contributed by atoms with Crippen molar-refractivity contribution < 1.29 is 41.7 Å². The highest BCUT2D eigenvalue weighted by Gasteiger charge is 2.36. The third kappa shape index (κ3) is 9.25. The van der Waals surface area contributed by atoms with Gasteiger partial charge in [0, 0.05) is 25.6 Å². The van der Waals surface area contributed by atoms with Crippen LogP contribution in [0.25, 0.3) is 0 Å². The molecule has 12 heteroatoms. The molecule has 0 bridgehead atoms. The van der Waals surface area contributed by atoms with Crippen molar-refractivity contribution in [3.05, 3.63) is 119 Å². The van der Waals surface area contributed by atoms with Gasteiger partial charge >= 0.3 is 6.18 Å². The molecule has 2 amide bonds. The van der Waals surface area contributed by atoms with Crippen LogP contribution >= 0.6 is 0 Å². The fourth-order valence-corrected chi connectivity index (χ4v) is 5.98. The van der Waals surface area contributed by atoms with E-state index in [2.05, 4.69) is 10.2 Å². The van der Waals surface area contributed by atoms with Crippen LogP contribution in [-0.4, -0.2) is 65.6 Å². The number of likely N-dealkylation sites (N-methyl/N-ethyl adjacent to an activating group) is 1. The molecule has 270 valence electrons. The van der Waals surface area contributed by atoms with Crippen molar-refractivity contribution in [2.24, 2.45) is 5.92 Å². The molecule has 1 aliphatic heterocycles. The van der Waals surface area contributed by atoms with Crippen LogP contribution in [0, 0.1) is 18.7 Å². The summed E-state index contributed by atoms with van der Waals surface area (Å²) < 4.78 is 65.9. The van der Waals surface area contributed by atoms with E-state index in [-0.39, 0.29) is 41.0 Å². The zero-order valence-corrected chi connectivity index (χ0v) is 28.8. The fourth-order valence-electron chi connectivity index (χ4n) is 5.98. The number of ether oxygens (including phenoxy) is 2. The molecule has 0 aromatic heterocycles. The maximum absolute atomic E-state index is 14.2. The van der Waals surface area contributed by atoms with Crippen LogP contribution in [0.3, 0.4) is 0 Å². The summed E-state index contributed by atoms with van der Waals surface area (Å²) in [4.78, 5) is 30.6. The van der Waals surface area contributed by atoms with Gasteiger partial charge < -0.3 is 24.8 Å². The first-order chi connectivity index (χ1) is 24.2. The topological polar surface area (TPSA) is 91.3 Å². The minimum absolute atomic E-state index is 0.0414. The summed E-state index contributed by atoms with van der Waals surface area (Å²) >= 11 is 0. The van der Waals surface area contributed by atoms with Crippen LogP contribution in [0.4, 0.5) is 23.2 Å². The molecule has 0 unspecified atom stereocenters. The number of halogens is 4. The van der Waals surface area contributed by atoms with Crippen molar-refractivity contribution in [2.75, 3.05) is 32.1 Å².